The third-order valence-electron chi connectivity index (χ3n) is 1.40. The molecule has 66 valence electrons. The van der Waals surface area contributed by atoms with Crippen molar-refractivity contribution in [1.82, 2.24) is 9.97 Å². The molecule has 0 saturated carbocycles. The second-order valence-corrected chi connectivity index (χ2v) is 2.25. The lowest BCUT2D eigenvalue weighted by Crippen LogP contribution is -2.02. The second kappa shape index (κ2) is 4.21. The van der Waals surface area contributed by atoms with Gasteiger partial charge in [0.15, 0.2) is 5.78 Å². The van der Waals surface area contributed by atoms with Crippen molar-refractivity contribution in [2.24, 2.45) is 0 Å². The van der Waals surface area contributed by atoms with Gasteiger partial charge in [-0.1, -0.05) is 5.92 Å². The lowest BCUT2D eigenvalue weighted by molar-refractivity contribution is 0.0993. The zero-order valence-electron chi connectivity index (χ0n) is 7.15. The first-order valence-corrected chi connectivity index (χ1v) is 3.60. The fourth-order valence-corrected chi connectivity index (χ4v) is 0.787. The molecule has 1 aromatic rings. The maximum absolute atomic E-state index is 11.2. The molecule has 1 aromatic heterocycles. The number of carbonyl (C=O) groups excluding carboxylic acids is 1. The van der Waals surface area contributed by atoms with E-state index in [0.29, 0.717) is 5.88 Å². The minimum atomic E-state index is -0.205. The molecule has 0 N–H and O–H groups in total. The molecule has 1 rings (SSSR count). The molecular formula is C9H8N2O2. The van der Waals surface area contributed by atoms with Gasteiger partial charge >= 0.3 is 0 Å². The molecule has 0 bridgehead atoms. The number of ether oxygens (including phenoxy) is 1. The summed E-state index contributed by atoms with van der Waals surface area (Å²) < 4.78 is 4.83. The Bertz CT molecular complexity index is 355. The van der Waals surface area contributed by atoms with Gasteiger partial charge in [0.05, 0.1) is 13.5 Å². The Morgan fingerprint density at radius 3 is 3.08 bits per heavy atom. The Kier molecular flexibility index (Phi) is 2.98. The molecule has 0 aliphatic carbocycles. The highest BCUT2D eigenvalue weighted by Crippen LogP contribution is 2.07. The third kappa shape index (κ3) is 2.27. The predicted octanol–water partition coefficient (Wildman–Crippen LogP) is 0.691. The quantitative estimate of drug-likeness (QED) is 0.502. The van der Waals surface area contributed by atoms with E-state index in [0.717, 1.165) is 0 Å². The van der Waals surface area contributed by atoms with E-state index >= 15 is 0 Å². The van der Waals surface area contributed by atoms with Gasteiger partial charge in [-0.05, 0) is 0 Å². The van der Waals surface area contributed by atoms with Crippen LogP contribution in [0.1, 0.15) is 16.9 Å². The van der Waals surface area contributed by atoms with Gasteiger partial charge in [0.25, 0.3) is 0 Å². The molecule has 0 spiro atoms. The van der Waals surface area contributed by atoms with Crippen LogP contribution in [0, 0.1) is 12.3 Å². The van der Waals surface area contributed by atoms with Crippen molar-refractivity contribution < 1.29 is 9.53 Å². The van der Waals surface area contributed by atoms with E-state index in [4.69, 9.17) is 11.2 Å². The molecule has 0 aromatic carbocycles. The van der Waals surface area contributed by atoms with Gasteiger partial charge in [-0.15, -0.1) is 6.42 Å². The van der Waals surface area contributed by atoms with Gasteiger partial charge in [0.2, 0.25) is 5.88 Å². The largest absolute Gasteiger partial charge is 0.481 e. The van der Waals surface area contributed by atoms with Crippen molar-refractivity contribution in [2.75, 3.05) is 7.11 Å². The Balaban J connectivity index is 2.89. The lowest BCUT2D eigenvalue weighted by Gasteiger charge is -1.99. The molecule has 0 saturated heterocycles. The first kappa shape index (κ1) is 9.20. The first-order valence-electron chi connectivity index (χ1n) is 3.60. The normalized spacial score (nSPS) is 8.92. The van der Waals surface area contributed by atoms with Crippen LogP contribution in [0.5, 0.6) is 5.88 Å². The van der Waals surface area contributed by atoms with E-state index in [1.165, 1.54) is 19.5 Å². The van der Waals surface area contributed by atoms with E-state index in [1.54, 1.807) is 0 Å². The Morgan fingerprint density at radius 1 is 1.69 bits per heavy atom. The van der Waals surface area contributed by atoms with E-state index in [2.05, 4.69) is 15.9 Å². The maximum Gasteiger partial charge on any atom is 0.216 e. The summed E-state index contributed by atoms with van der Waals surface area (Å²) in [5.74, 6) is 2.40. The topological polar surface area (TPSA) is 52.1 Å². The summed E-state index contributed by atoms with van der Waals surface area (Å²) in [5, 5.41) is 0. The number of ketones is 1. The van der Waals surface area contributed by atoms with Crippen LogP contribution in [-0.4, -0.2) is 22.9 Å². The number of terminal acetylenes is 1. The lowest BCUT2D eigenvalue weighted by atomic mass is 10.2. The number of hydrogen-bond acceptors (Lipinski definition) is 4. The first-order chi connectivity index (χ1) is 6.27. The summed E-state index contributed by atoms with van der Waals surface area (Å²) in [5.41, 5.74) is 0.282. The van der Waals surface area contributed by atoms with Gasteiger partial charge in [0.1, 0.15) is 12.0 Å². The monoisotopic (exact) mass is 176 g/mol. The molecular weight excluding hydrogens is 168 g/mol. The van der Waals surface area contributed by atoms with Gasteiger partial charge in [0, 0.05) is 6.07 Å². The van der Waals surface area contributed by atoms with Gasteiger partial charge in [-0.2, -0.15) is 0 Å². The van der Waals surface area contributed by atoms with Gasteiger partial charge in [-0.25, -0.2) is 9.97 Å². The number of nitrogens with zero attached hydrogens (tertiary/aromatic N) is 2. The summed E-state index contributed by atoms with van der Waals surface area (Å²) in [4.78, 5) is 18.8. The molecule has 1 heterocycles. The fraction of sp³-hybridized carbons (Fsp3) is 0.222. The molecule has 0 aliphatic rings. The summed E-state index contributed by atoms with van der Waals surface area (Å²) in [6.45, 7) is 0. The van der Waals surface area contributed by atoms with Gasteiger partial charge < -0.3 is 4.74 Å². The Labute approximate surface area is 76.0 Å². The SMILES string of the molecule is C#CCC(=O)c1cc(OC)ncn1. The number of carbonyl (C=O) groups is 1. The molecule has 0 radical (unpaired) electrons. The highest BCUT2D eigenvalue weighted by atomic mass is 16.5. The molecule has 0 aliphatic heterocycles. The Morgan fingerprint density at radius 2 is 2.46 bits per heavy atom. The van der Waals surface area contributed by atoms with E-state index in [9.17, 15) is 4.79 Å². The van der Waals surface area contributed by atoms with Crippen LogP contribution in [0.3, 0.4) is 0 Å². The van der Waals surface area contributed by atoms with Crippen molar-refractivity contribution in [1.29, 1.82) is 0 Å². The zero-order valence-corrected chi connectivity index (χ0v) is 7.15. The summed E-state index contributed by atoms with van der Waals surface area (Å²) in [7, 11) is 1.47. The smallest absolute Gasteiger partial charge is 0.216 e. The Hall–Kier alpha value is -1.89. The average molecular weight is 176 g/mol. The number of aromatic nitrogens is 2. The molecule has 4 nitrogen and oxygen atoms in total. The van der Waals surface area contributed by atoms with Crippen molar-refractivity contribution in [3.05, 3.63) is 18.1 Å². The average Bonchev–Trinajstić information content (AvgIpc) is 2.18. The number of methoxy groups -OCH3 is 1. The molecule has 0 unspecified atom stereocenters. The molecule has 0 fully saturated rings. The molecule has 0 atom stereocenters. The summed E-state index contributed by atoms with van der Waals surface area (Å²) in [6, 6.07) is 1.46. The van der Waals surface area contributed by atoms with Crippen LogP contribution in [0.4, 0.5) is 0 Å². The number of rotatable bonds is 3. The van der Waals surface area contributed by atoms with Crippen molar-refractivity contribution in [3.8, 4) is 18.2 Å². The number of Topliss-reactive ketones (excluding diaryl/α,β-unsaturated/α-hetero) is 1. The number of hydrogen-bond donors (Lipinski definition) is 0. The minimum Gasteiger partial charge on any atom is -0.481 e. The summed E-state index contributed by atoms with van der Waals surface area (Å²) in [6.07, 6.45) is 6.30. The second-order valence-electron chi connectivity index (χ2n) is 2.25. The van der Waals surface area contributed by atoms with Crippen LogP contribution >= 0.6 is 0 Å². The highest BCUT2D eigenvalue weighted by Gasteiger charge is 2.06. The van der Waals surface area contributed by atoms with Crippen molar-refractivity contribution in [3.63, 3.8) is 0 Å². The minimum absolute atomic E-state index is 0.0418. The van der Waals surface area contributed by atoms with Crippen LogP contribution < -0.4 is 4.74 Å². The third-order valence-corrected chi connectivity index (χ3v) is 1.40. The van der Waals surface area contributed by atoms with Crippen LogP contribution in [0.25, 0.3) is 0 Å². The fourth-order valence-electron chi connectivity index (χ4n) is 0.787. The highest BCUT2D eigenvalue weighted by molar-refractivity contribution is 5.95. The van der Waals surface area contributed by atoms with Crippen LogP contribution in [0.2, 0.25) is 0 Å². The van der Waals surface area contributed by atoms with E-state index < -0.39 is 0 Å². The van der Waals surface area contributed by atoms with E-state index in [1.807, 2.05) is 0 Å². The van der Waals surface area contributed by atoms with E-state index in [-0.39, 0.29) is 17.9 Å². The summed E-state index contributed by atoms with van der Waals surface area (Å²) >= 11 is 0. The van der Waals surface area contributed by atoms with Gasteiger partial charge in [-0.3, -0.25) is 4.79 Å². The maximum atomic E-state index is 11.2. The standard InChI is InChI=1S/C9H8N2O2/c1-3-4-8(12)7-5-9(13-2)11-6-10-7/h1,5-6H,4H2,2H3. The molecule has 13 heavy (non-hydrogen) atoms. The molecule has 4 heteroatoms. The molecule has 0 amide bonds. The predicted molar refractivity (Wildman–Crippen MR) is 46.4 cm³/mol. The van der Waals surface area contributed by atoms with Crippen molar-refractivity contribution in [2.45, 2.75) is 6.42 Å². The van der Waals surface area contributed by atoms with Crippen LogP contribution in [-0.2, 0) is 0 Å². The van der Waals surface area contributed by atoms with Crippen molar-refractivity contribution >= 4 is 5.78 Å². The van der Waals surface area contributed by atoms with Crippen LogP contribution in [0.15, 0.2) is 12.4 Å². The zero-order chi connectivity index (χ0) is 9.68.